The van der Waals surface area contributed by atoms with Crippen molar-refractivity contribution < 1.29 is 9.59 Å². The molecule has 0 radical (unpaired) electrons. The minimum absolute atomic E-state index is 0.124. The maximum atomic E-state index is 11.8. The van der Waals surface area contributed by atoms with E-state index in [0.717, 1.165) is 17.9 Å². The van der Waals surface area contributed by atoms with Crippen LogP contribution < -0.4 is 10.7 Å². The highest BCUT2D eigenvalue weighted by Crippen LogP contribution is 2.24. The summed E-state index contributed by atoms with van der Waals surface area (Å²) in [5, 5.41) is 8.76. The van der Waals surface area contributed by atoms with E-state index < -0.39 is 0 Å². The van der Waals surface area contributed by atoms with Crippen molar-refractivity contribution in [1.29, 1.82) is 0 Å². The lowest BCUT2D eigenvalue weighted by molar-refractivity contribution is -0.119. The van der Waals surface area contributed by atoms with Crippen LogP contribution in [0.1, 0.15) is 12.5 Å². The second-order valence-corrected chi connectivity index (χ2v) is 5.64. The summed E-state index contributed by atoms with van der Waals surface area (Å²) >= 11 is 1.62. The van der Waals surface area contributed by atoms with Gasteiger partial charge in [0.25, 0.3) is 5.91 Å². The largest absolute Gasteiger partial charge is 0.326 e. The van der Waals surface area contributed by atoms with Gasteiger partial charge in [0.15, 0.2) is 5.84 Å². The maximum Gasteiger partial charge on any atom is 0.288 e. The number of thioether (sulfide) groups is 1. The molecule has 0 unspecified atom stereocenters. The van der Waals surface area contributed by atoms with Gasteiger partial charge in [-0.3, -0.25) is 9.59 Å². The van der Waals surface area contributed by atoms with Gasteiger partial charge in [-0.1, -0.05) is 12.1 Å². The van der Waals surface area contributed by atoms with Crippen molar-refractivity contribution in [2.75, 3.05) is 17.6 Å². The van der Waals surface area contributed by atoms with E-state index in [-0.39, 0.29) is 11.8 Å². The molecule has 1 aromatic carbocycles. The van der Waals surface area contributed by atoms with E-state index in [1.165, 1.54) is 6.92 Å². The highest BCUT2D eigenvalue weighted by molar-refractivity contribution is 8.02. The van der Waals surface area contributed by atoms with Gasteiger partial charge in [0.1, 0.15) is 5.70 Å². The van der Waals surface area contributed by atoms with Crippen LogP contribution in [0.2, 0.25) is 0 Å². The molecule has 0 spiro atoms. The number of nitrogens with zero attached hydrogens (tertiary/aromatic N) is 2. The Morgan fingerprint density at radius 3 is 3.14 bits per heavy atom. The van der Waals surface area contributed by atoms with Crippen LogP contribution in [0.3, 0.4) is 0 Å². The molecular weight excluding hydrogens is 288 g/mol. The molecule has 2 N–H and O–H groups in total. The Balaban J connectivity index is 1.96. The first kappa shape index (κ1) is 13.7. The molecule has 3 rings (SSSR count). The first-order valence-electron chi connectivity index (χ1n) is 6.50. The molecule has 0 saturated carbocycles. The molecule has 6 nitrogen and oxygen atoms in total. The Morgan fingerprint density at radius 2 is 2.33 bits per heavy atom. The van der Waals surface area contributed by atoms with Gasteiger partial charge in [0.05, 0.1) is 0 Å². The summed E-state index contributed by atoms with van der Waals surface area (Å²) in [5.74, 6) is 1.28. The van der Waals surface area contributed by atoms with Gasteiger partial charge in [-0.25, -0.2) is 5.43 Å². The van der Waals surface area contributed by atoms with E-state index in [1.807, 2.05) is 34.6 Å². The Bertz CT molecular complexity index is 669. The van der Waals surface area contributed by atoms with Crippen LogP contribution in [-0.2, 0) is 9.59 Å². The van der Waals surface area contributed by atoms with Crippen LogP contribution in [0, 0.1) is 0 Å². The van der Waals surface area contributed by atoms with Crippen molar-refractivity contribution in [2.45, 2.75) is 6.92 Å². The number of amidine groups is 1. The van der Waals surface area contributed by atoms with Gasteiger partial charge < -0.3 is 10.2 Å². The fraction of sp³-hybridized carbons (Fsp3) is 0.214. The minimum atomic E-state index is -0.191. The number of nitrogens with one attached hydrogen (secondary N) is 2. The summed E-state index contributed by atoms with van der Waals surface area (Å²) in [6.45, 7) is 2.20. The van der Waals surface area contributed by atoms with Gasteiger partial charge in [-0.2, -0.15) is 5.10 Å². The predicted octanol–water partition coefficient (Wildman–Crippen LogP) is 1.33. The number of hydrogen-bond donors (Lipinski definition) is 2. The third-order valence-electron chi connectivity index (χ3n) is 3.11. The first-order chi connectivity index (χ1) is 10.1. The van der Waals surface area contributed by atoms with Crippen molar-refractivity contribution in [1.82, 2.24) is 10.3 Å². The molecular formula is C14H14N4O2S. The summed E-state index contributed by atoms with van der Waals surface area (Å²) in [6.07, 6.45) is 0. The Kier molecular flexibility index (Phi) is 3.66. The van der Waals surface area contributed by atoms with Gasteiger partial charge in [0, 0.05) is 35.9 Å². The topological polar surface area (TPSA) is 73.8 Å². The molecule has 0 bridgehead atoms. The van der Waals surface area contributed by atoms with Gasteiger partial charge in [0.2, 0.25) is 5.91 Å². The van der Waals surface area contributed by atoms with Crippen molar-refractivity contribution in [2.24, 2.45) is 5.10 Å². The second-order valence-electron chi connectivity index (χ2n) is 4.66. The van der Waals surface area contributed by atoms with E-state index >= 15 is 0 Å². The van der Waals surface area contributed by atoms with Crippen LogP contribution in [0.4, 0.5) is 5.69 Å². The molecule has 0 aliphatic carbocycles. The zero-order valence-electron chi connectivity index (χ0n) is 11.4. The van der Waals surface area contributed by atoms with Crippen LogP contribution in [0.5, 0.6) is 0 Å². The average Bonchev–Trinajstić information content (AvgIpc) is 2.47. The number of anilines is 1. The molecule has 2 amide bonds. The fourth-order valence-electron chi connectivity index (χ4n) is 2.24. The Hall–Kier alpha value is -2.28. The zero-order chi connectivity index (χ0) is 14.8. The number of amides is 2. The molecule has 0 atom stereocenters. The molecule has 2 aliphatic heterocycles. The Morgan fingerprint density at radius 1 is 1.48 bits per heavy atom. The molecule has 2 aliphatic rings. The third-order valence-corrected chi connectivity index (χ3v) is 3.92. The van der Waals surface area contributed by atoms with Crippen molar-refractivity contribution in [3.05, 3.63) is 40.9 Å². The van der Waals surface area contributed by atoms with Gasteiger partial charge in [-0.15, -0.1) is 11.8 Å². The quantitative estimate of drug-likeness (QED) is 0.864. The molecule has 1 aromatic rings. The molecule has 0 saturated heterocycles. The molecule has 0 fully saturated rings. The number of rotatable bonds is 2. The van der Waals surface area contributed by atoms with Gasteiger partial charge >= 0.3 is 0 Å². The van der Waals surface area contributed by atoms with Crippen LogP contribution >= 0.6 is 11.8 Å². The lowest BCUT2D eigenvalue weighted by Crippen LogP contribution is -2.45. The lowest BCUT2D eigenvalue weighted by Gasteiger charge is -2.33. The number of fused-ring (bicyclic) bond motifs is 1. The fourth-order valence-corrected chi connectivity index (χ4v) is 3.04. The predicted molar refractivity (Wildman–Crippen MR) is 82.7 cm³/mol. The summed E-state index contributed by atoms with van der Waals surface area (Å²) in [5.41, 5.74) is 4.69. The summed E-state index contributed by atoms with van der Waals surface area (Å²) in [4.78, 5) is 24.9. The number of carbonyl (C=O) groups excluding carboxylic acids is 2. The summed E-state index contributed by atoms with van der Waals surface area (Å²) in [7, 11) is 0. The number of benzene rings is 1. The highest BCUT2D eigenvalue weighted by atomic mass is 32.2. The van der Waals surface area contributed by atoms with E-state index in [2.05, 4.69) is 15.8 Å². The number of hydrogen-bond acceptors (Lipinski definition) is 5. The van der Waals surface area contributed by atoms with E-state index in [4.69, 9.17) is 0 Å². The number of carbonyl (C=O) groups is 2. The number of hydrazone groups is 1. The van der Waals surface area contributed by atoms with Crippen molar-refractivity contribution in [3.8, 4) is 0 Å². The standard InChI is InChI=1S/C14H14N4O2S/c1-9(19)15-11-4-2-3-10(7-11)13-16-17-14(20)12-8-21-6-5-18(12)13/h2-4,7-8H,5-6H2,1H3,(H,15,19)(H,17,20). The third kappa shape index (κ3) is 2.78. The van der Waals surface area contributed by atoms with Crippen molar-refractivity contribution in [3.63, 3.8) is 0 Å². The molecule has 2 heterocycles. The van der Waals surface area contributed by atoms with Crippen LogP contribution in [-0.4, -0.2) is 34.8 Å². The maximum absolute atomic E-state index is 11.8. The zero-order valence-corrected chi connectivity index (χ0v) is 12.2. The minimum Gasteiger partial charge on any atom is -0.326 e. The smallest absolute Gasteiger partial charge is 0.288 e. The first-order valence-corrected chi connectivity index (χ1v) is 7.55. The Labute approximate surface area is 126 Å². The van der Waals surface area contributed by atoms with Crippen LogP contribution in [0.15, 0.2) is 40.5 Å². The molecule has 108 valence electrons. The van der Waals surface area contributed by atoms with Crippen molar-refractivity contribution >= 4 is 35.1 Å². The highest BCUT2D eigenvalue weighted by Gasteiger charge is 2.29. The lowest BCUT2D eigenvalue weighted by atomic mass is 10.1. The SMILES string of the molecule is CC(=O)Nc1cccc(C2=NNC(=O)C3=CSCCN32)c1. The molecule has 0 aromatic heterocycles. The van der Waals surface area contributed by atoms with E-state index in [1.54, 1.807) is 11.8 Å². The summed E-state index contributed by atoms with van der Waals surface area (Å²) < 4.78 is 0. The van der Waals surface area contributed by atoms with Gasteiger partial charge in [-0.05, 0) is 12.1 Å². The van der Waals surface area contributed by atoms with Crippen LogP contribution in [0.25, 0.3) is 0 Å². The molecule has 7 heteroatoms. The second kappa shape index (κ2) is 5.61. The van der Waals surface area contributed by atoms with E-state index in [0.29, 0.717) is 17.2 Å². The monoisotopic (exact) mass is 302 g/mol. The molecule has 21 heavy (non-hydrogen) atoms. The summed E-state index contributed by atoms with van der Waals surface area (Å²) in [6, 6.07) is 7.41. The van der Waals surface area contributed by atoms with E-state index in [9.17, 15) is 9.59 Å². The normalized spacial score (nSPS) is 17.4. The average molecular weight is 302 g/mol.